The largest absolute Gasteiger partial charge is 0.489 e. The van der Waals surface area contributed by atoms with Crippen LogP contribution in [0.3, 0.4) is 0 Å². The lowest BCUT2D eigenvalue weighted by Crippen LogP contribution is -1.98. The minimum Gasteiger partial charge on any atom is -0.489 e. The Bertz CT molecular complexity index is 546. The molecule has 2 nitrogen and oxygen atoms in total. The third kappa shape index (κ3) is 3.14. The first-order valence-electron chi connectivity index (χ1n) is 5.88. The number of hydrogen-bond donors (Lipinski definition) is 1. The predicted molar refractivity (Wildman–Crippen MR) is 75.2 cm³/mol. The second kappa shape index (κ2) is 5.41. The van der Waals surface area contributed by atoms with Crippen molar-refractivity contribution in [3.05, 3.63) is 71.8 Å². The van der Waals surface area contributed by atoms with Crippen LogP contribution < -0.4 is 10.5 Å². The van der Waals surface area contributed by atoms with E-state index in [4.69, 9.17) is 10.5 Å². The summed E-state index contributed by atoms with van der Waals surface area (Å²) < 4.78 is 5.77. The number of rotatable bonds is 4. The van der Waals surface area contributed by atoms with Crippen LogP contribution >= 0.6 is 0 Å². The van der Waals surface area contributed by atoms with E-state index in [2.05, 4.69) is 6.58 Å². The molecule has 18 heavy (non-hydrogen) atoms. The zero-order chi connectivity index (χ0) is 13.0. The monoisotopic (exact) mass is 239 g/mol. The van der Waals surface area contributed by atoms with Crippen LogP contribution in [0.15, 0.2) is 55.1 Å². The molecule has 2 heteroatoms. The summed E-state index contributed by atoms with van der Waals surface area (Å²) in [6, 6.07) is 16.0. The molecular formula is C16H17NO. The van der Waals surface area contributed by atoms with E-state index in [-0.39, 0.29) is 0 Å². The highest BCUT2D eigenvalue weighted by Crippen LogP contribution is 2.20. The van der Waals surface area contributed by atoms with Gasteiger partial charge in [0.05, 0.1) is 0 Å². The molecule has 0 aliphatic carbocycles. The van der Waals surface area contributed by atoms with E-state index < -0.39 is 0 Å². The van der Waals surface area contributed by atoms with Crippen LogP contribution in [0.25, 0.3) is 5.70 Å². The second-order valence-corrected chi connectivity index (χ2v) is 4.33. The molecule has 0 aliphatic heterocycles. The number of aryl methyl sites for hydroxylation is 1. The third-order valence-corrected chi connectivity index (χ3v) is 2.67. The van der Waals surface area contributed by atoms with Gasteiger partial charge in [0.15, 0.2) is 0 Å². The Balaban J connectivity index is 2.12. The summed E-state index contributed by atoms with van der Waals surface area (Å²) in [6.45, 7) is 6.32. The Kier molecular flexibility index (Phi) is 3.68. The van der Waals surface area contributed by atoms with Gasteiger partial charge in [-0.05, 0) is 36.2 Å². The summed E-state index contributed by atoms with van der Waals surface area (Å²) in [6.07, 6.45) is 0. The van der Waals surface area contributed by atoms with Crippen molar-refractivity contribution in [2.75, 3.05) is 0 Å². The highest BCUT2D eigenvalue weighted by molar-refractivity contribution is 5.62. The molecule has 0 spiro atoms. The summed E-state index contributed by atoms with van der Waals surface area (Å²) in [7, 11) is 0. The molecule has 0 atom stereocenters. The van der Waals surface area contributed by atoms with Gasteiger partial charge in [0, 0.05) is 11.3 Å². The van der Waals surface area contributed by atoms with E-state index in [9.17, 15) is 0 Å². The van der Waals surface area contributed by atoms with Gasteiger partial charge in [-0.1, -0.05) is 36.9 Å². The van der Waals surface area contributed by atoms with Gasteiger partial charge in [0.25, 0.3) is 0 Å². The van der Waals surface area contributed by atoms with Crippen LogP contribution in [0.5, 0.6) is 5.75 Å². The second-order valence-electron chi connectivity index (χ2n) is 4.33. The molecule has 0 saturated heterocycles. The third-order valence-electron chi connectivity index (χ3n) is 2.67. The zero-order valence-corrected chi connectivity index (χ0v) is 10.5. The Morgan fingerprint density at radius 3 is 2.56 bits per heavy atom. The summed E-state index contributed by atoms with van der Waals surface area (Å²) in [5, 5.41) is 0. The highest BCUT2D eigenvalue weighted by atomic mass is 16.5. The molecule has 0 fully saturated rings. The van der Waals surface area contributed by atoms with Crippen LogP contribution in [0.1, 0.15) is 16.7 Å². The molecule has 0 saturated carbocycles. The van der Waals surface area contributed by atoms with Crippen molar-refractivity contribution in [3.8, 4) is 5.75 Å². The van der Waals surface area contributed by atoms with Crippen molar-refractivity contribution < 1.29 is 4.74 Å². The number of benzene rings is 2. The number of ether oxygens (including phenoxy) is 1. The molecular weight excluding hydrogens is 222 g/mol. The average Bonchev–Trinajstić information content (AvgIpc) is 2.37. The van der Waals surface area contributed by atoms with Gasteiger partial charge in [0.2, 0.25) is 0 Å². The molecule has 0 aliphatic rings. The van der Waals surface area contributed by atoms with Gasteiger partial charge in [-0.15, -0.1) is 0 Å². The van der Waals surface area contributed by atoms with Crippen LogP contribution in [0, 0.1) is 6.92 Å². The maximum absolute atomic E-state index is 5.77. The van der Waals surface area contributed by atoms with E-state index >= 15 is 0 Å². The van der Waals surface area contributed by atoms with Crippen molar-refractivity contribution in [2.45, 2.75) is 13.5 Å². The van der Waals surface area contributed by atoms with Crippen LogP contribution in [-0.2, 0) is 6.61 Å². The number of nitrogens with two attached hydrogens (primary N) is 1. The lowest BCUT2D eigenvalue weighted by Gasteiger charge is -2.09. The smallest absolute Gasteiger partial charge is 0.120 e. The van der Waals surface area contributed by atoms with Crippen LogP contribution in [-0.4, -0.2) is 0 Å². The van der Waals surface area contributed by atoms with Gasteiger partial charge in [-0.25, -0.2) is 0 Å². The highest BCUT2D eigenvalue weighted by Gasteiger charge is 2.01. The Morgan fingerprint density at radius 2 is 1.89 bits per heavy atom. The lowest BCUT2D eigenvalue weighted by atomic mass is 10.1. The molecule has 0 aromatic heterocycles. The first kappa shape index (κ1) is 12.2. The molecule has 0 heterocycles. The van der Waals surface area contributed by atoms with Crippen molar-refractivity contribution >= 4 is 5.70 Å². The fourth-order valence-electron chi connectivity index (χ4n) is 1.76. The van der Waals surface area contributed by atoms with Gasteiger partial charge in [-0.2, -0.15) is 0 Å². The molecule has 0 unspecified atom stereocenters. The van der Waals surface area contributed by atoms with E-state index in [0.717, 1.165) is 22.4 Å². The van der Waals surface area contributed by atoms with E-state index in [1.165, 1.54) is 0 Å². The normalized spacial score (nSPS) is 10.1. The standard InChI is InChI=1S/C16H17NO/c1-12-8-15(13(2)17)10-16(9-12)18-11-14-6-4-3-5-7-14/h3-10H,2,11,17H2,1H3. The van der Waals surface area contributed by atoms with E-state index in [1.807, 2.05) is 55.5 Å². The predicted octanol–water partition coefficient (Wildman–Crippen LogP) is 3.50. The SMILES string of the molecule is C=C(N)c1cc(C)cc(OCc2ccccc2)c1. The summed E-state index contributed by atoms with van der Waals surface area (Å²) in [4.78, 5) is 0. The van der Waals surface area contributed by atoms with Gasteiger partial charge < -0.3 is 10.5 Å². The van der Waals surface area contributed by atoms with Crippen LogP contribution in [0.4, 0.5) is 0 Å². The quantitative estimate of drug-likeness (QED) is 0.886. The van der Waals surface area contributed by atoms with Gasteiger partial charge >= 0.3 is 0 Å². The summed E-state index contributed by atoms with van der Waals surface area (Å²) in [5.41, 5.74) is 9.44. The van der Waals surface area contributed by atoms with Crippen LogP contribution in [0.2, 0.25) is 0 Å². The Morgan fingerprint density at radius 1 is 1.17 bits per heavy atom. The topological polar surface area (TPSA) is 35.2 Å². The van der Waals surface area contributed by atoms with E-state index in [0.29, 0.717) is 12.3 Å². The fraction of sp³-hybridized carbons (Fsp3) is 0.125. The molecule has 0 bridgehead atoms. The van der Waals surface area contributed by atoms with Crippen molar-refractivity contribution in [3.63, 3.8) is 0 Å². The van der Waals surface area contributed by atoms with Crippen molar-refractivity contribution in [2.24, 2.45) is 5.73 Å². The fourth-order valence-corrected chi connectivity index (χ4v) is 1.76. The maximum atomic E-state index is 5.77. The summed E-state index contributed by atoms with van der Waals surface area (Å²) in [5.74, 6) is 0.820. The molecule has 2 rings (SSSR count). The summed E-state index contributed by atoms with van der Waals surface area (Å²) >= 11 is 0. The first-order valence-corrected chi connectivity index (χ1v) is 5.88. The van der Waals surface area contributed by atoms with E-state index in [1.54, 1.807) is 0 Å². The minimum absolute atomic E-state index is 0.556. The molecule has 92 valence electrons. The molecule has 2 N–H and O–H groups in total. The Hall–Kier alpha value is -2.22. The first-order chi connectivity index (χ1) is 8.65. The average molecular weight is 239 g/mol. The van der Waals surface area contributed by atoms with Crippen molar-refractivity contribution in [1.82, 2.24) is 0 Å². The lowest BCUT2D eigenvalue weighted by molar-refractivity contribution is 0.306. The molecule has 2 aromatic carbocycles. The maximum Gasteiger partial charge on any atom is 0.120 e. The number of hydrogen-bond acceptors (Lipinski definition) is 2. The van der Waals surface area contributed by atoms with Gasteiger partial charge in [-0.3, -0.25) is 0 Å². The molecule has 0 amide bonds. The van der Waals surface area contributed by atoms with Gasteiger partial charge in [0.1, 0.15) is 12.4 Å². The molecule has 0 radical (unpaired) electrons. The zero-order valence-electron chi connectivity index (χ0n) is 10.5. The Labute approximate surface area is 108 Å². The molecule has 2 aromatic rings. The minimum atomic E-state index is 0.556. The van der Waals surface area contributed by atoms with Crippen molar-refractivity contribution in [1.29, 1.82) is 0 Å².